The van der Waals surface area contributed by atoms with Gasteiger partial charge in [0.05, 0.1) is 22.3 Å². The van der Waals surface area contributed by atoms with Gasteiger partial charge in [0.2, 0.25) is 5.71 Å². The summed E-state index contributed by atoms with van der Waals surface area (Å²) in [4.78, 5) is 15.2. The third-order valence-electron chi connectivity index (χ3n) is 10.3. The Labute approximate surface area is 289 Å². The van der Waals surface area contributed by atoms with E-state index in [0.717, 1.165) is 66.5 Å². The summed E-state index contributed by atoms with van der Waals surface area (Å²) in [6.45, 7) is 4.63. The van der Waals surface area contributed by atoms with Crippen molar-refractivity contribution in [3.63, 3.8) is 0 Å². The van der Waals surface area contributed by atoms with Crippen LogP contribution in [-0.2, 0) is 5.41 Å². The Balaban J connectivity index is 1.05. The summed E-state index contributed by atoms with van der Waals surface area (Å²) in [7, 11) is 0. The maximum absolute atomic E-state index is 6.40. The molecule has 0 amide bonds. The lowest BCUT2D eigenvalue weighted by atomic mass is 9.80. The first kappa shape index (κ1) is 28.6. The van der Waals surface area contributed by atoms with Crippen molar-refractivity contribution in [2.75, 3.05) is 0 Å². The van der Waals surface area contributed by atoms with Crippen LogP contribution in [0.1, 0.15) is 25.0 Å². The Morgan fingerprint density at radius 3 is 1.86 bits per heavy atom. The number of pyridine rings is 1. The van der Waals surface area contributed by atoms with Crippen molar-refractivity contribution in [3.8, 4) is 56.2 Å². The van der Waals surface area contributed by atoms with Crippen LogP contribution >= 0.6 is 0 Å². The predicted octanol–water partition coefficient (Wildman–Crippen LogP) is 11.9. The molecule has 6 aromatic carbocycles. The Bertz CT molecular complexity index is 2760. The third kappa shape index (κ3) is 4.28. The van der Waals surface area contributed by atoms with Gasteiger partial charge in [0.25, 0.3) is 0 Å². The van der Waals surface area contributed by atoms with Gasteiger partial charge in [-0.1, -0.05) is 153 Å². The van der Waals surface area contributed by atoms with Crippen LogP contribution in [0, 0.1) is 0 Å². The lowest BCUT2D eigenvalue weighted by Gasteiger charge is -2.24. The Morgan fingerprint density at radius 2 is 1.08 bits per heavy atom. The summed E-state index contributed by atoms with van der Waals surface area (Å²) in [5.74, 6) is 0.717. The van der Waals surface area contributed by atoms with E-state index in [1.807, 2.05) is 42.5 Å². The largest absolute Gasteiger partial charge is 0.438 e. The average molecular weight is 642 g/mol. The fourth-order valence-corrected chi connectivity index (χ4v) is 7.88. The third-order valence-corrected chi connectivity index (χ3v) is 10.3. The summed E-state index contributed by atoms with van der Waals surface area (Å²) in [6.07, 6.45) is 0. The summed E-state index contributed by atoms with van der Waals surface area (Å²) in [5.41, 5.74) is 14.6. The lowest BCUT2D eigenvalue weighted by molar-refractivity contribution is 0.645. The van der Waals surface area contributed by atoms with Crippen molar-refractivity contribution in [2.45, 2.75) is 19.3 Å². The van der Waals surface area contributed by atoms with Gasteiger partial charge in [-0.05, 0) is 39.9 Å². The topological polar surface area (TPSA) is 51.8 Å². The molecule has 0 atom stereocenters. The van der Waals surface area contributed by atoms with E-state index in [4.69, 9.17) is 19.4 Å². The number of hydrogen-bond donors (Lipinski definition) is 0. The van der Waals surface area contributed by atoms with Crippen LogP contribution in [0.5, 0.6) is 0 Å². The van der Waals surface area contributed by atoms with Gasteiger partial charge in [0, 0.05) is 38.4 Å². The van der Waals surface area contributed by atoms with Crippen molar-refractivity contribution in [3.05, 3.63) is 163 Å². The molecule has 4 nitrogen and oxygen atoms in total. The van der Waals surface area contributed by atoms with E-state index < -0.39 is 0 Å². The quantitative estimate of drug-likeness (QED) is 0.192. The highest BCUT2D eigenvalue weighted by atomic mass is 16.3. The standard InChI is InChI=1S/C46H31N3O/c1-46(2)36-17-9-6-14-33(36)39-40-35-16-8-11-19-38(35)50-45(40)49-43(41(39)46)31-24-20-28(21-25-31)29-22-26-32(27-23-29)44-47-37-18-10-7-15-34(37)42(48-44)30-12-4-3-5-13-30/h3-27H,1-2H3. The first-order valence-electron chi connectivity index (χ1n) is 17.0. The lowest BCUT2D eigenvalue weighted by Crippen LogP contribution is -2.17. The molecule has 0 radical (unpaired) electrons. The molecule has 0 saturated heterocycles. The summed E-state index contributed by atoms with van der Waals surface area (Å²) < 4.78 is 6.40. The molecule has 9 aromatic rings. The number of rotatable bonds is 4. The molecule has 0 aliphatic heterocycles. The monoisotopic (exact) mass is 641 g/mol. The minimum Gasteiger partial charge on any atom is -0.438 e. The number of fused-ring (bicyclic) bond motifs is 8. The van der Waals surface area contributed by atoms with E-state index in [2.05, 4.69) is 123 Å². The van der Waals surface area contributed by atoms with Gasteiger partial charge in [0.15, 0.2) is 5.82 Å². The Hall–Kier alpha value is -6.39. The normalized spacial score (nSPS) is 13.2. The minimum absolute atomic E-state index is 0.222. The van der Waals surface area contributed by atoms with Gasteiger partial charge in [-0.3, -0.25) is 0 Å². The van der Waals surface area contributed by atoms with Gasteiger partial charge in [-0.15, -0.1) is 0 Å². The summed E-state index contributed by atoms with van der Waals surface area (Å²) >= 11 is 0. The molecule has 0 unspecified atom stereocenters. The van der Waals surface area contributed by atoms with E-state index in [-0.39, 0.29) is 5.41 Å². The molecular weight excluding hydrogens is 611 g/mol. The summed E-state index contributed by atoms with van der Waals surface area (Å²) in [6, 6.07) is 52.9. The van der Waals surface area contributed by atoms with Gasteiger partial charge < -0.3 is 4.42 Å². The predicted molar refractivity (Wildman–Crippen MR) is 204 cm³/mol. The first-order chi connectivity index (χ1) is 24.5. The molecule has 4 heteroatoms. The zero-order chi connectivity index (χ0) is 33.4. The molecular formula is C46H31N3O. The van der Waals surface area contributed by atoms with E-state index in [9.17, 15) is 0 Å². The molecule has 0 bridgehead atoms. The van der Waals surface area contributed by atoms with Crippen molar-refractivity contribution in [2.24, 2.45) is 0 Å². The number of para-hydroxylation sites is 2. The molecule has 0 fully saturated rings. The fraction of sp³-hybridized carbons (Fsp3) is 0.0652. The highest BCUT2D eigenvalue weighted by Crippen LogP contribution is 2.55. The highest BCUT2D eigenvalue weighted by molar-refractivity contribution is 6.15. The average Bonchev–Trinajstić information content (AvgIpc) is 3.66. The fourth-order valence-electron chi connectivity index (χ4n) is 7.88. The highest BCUT2D eigenvalue weighted by Gasteiger charge is 2.40. The van der Waals surface area contributed by atoms with Crippen LogP contribution in [0.3, 0.4) is 0 Å². The van der Waals surface area contributed by atoms with Gasteiger partial charge in [-0.2, -0.15) is 0 Å². The molecule has 10 rings (SSSR count). The van der Waals surface area contributed by atoms with Gasteiger partial charge in [-0.25, -0.2) is 15.0 Å². The molecule has 50 heavy (non-hydrogen) atoms. The second-order valence-corrected chi connectivity index (χ2v) is 13.6. The van der Waals surface area contributed by atoms with Crippen LogP contribution in [-0.4, -0.2) is 15.0 Å². The molecule has 0 spiro atoms. The number of aromatic nitrogens is 3. The number of benzene rings is 6. The van der Waals surface area contributed by atoms with Crippen molar-refractivity contribution >= 4 is 33.0 Å². The van der Waals surface area contributed by atoms with Crippen LogP contribution in [0.15, 0.2) is 156 Å². The minimum atomic E-state index is -0.222. The zero-order valence-electron chi connectivity index (χ0n) is 27.7. The Kier molecular flexibility index (Phi) is 6.19. The molecule has 3 aromatic heterocycles. The first-order valence-corrected chi connectivity index (χ1v) is 17.0. The van der Waals surface area contributed by atoms with Crippen molar-refractivity contribution in [1.29, 1.82) is 0 Å². The van der Waals surface area contributed by atoms with Crippen molar-refractivity contribution < 1.29 is 4.42 Å². The van der Waals surface area contributed by atoms with Crippen molar-refractivity contribution in [1.82, 2.24) is 15.0 Å². The molecule has 1 aliphatic rings. The summed E-state index contributed by atoms with van der Waals surface area (Å²) in [5, 5.41) is 3.25. The smallest absolute Gasteiger partial charge is 0.228 e. The van der Waals surface area contributed by atoms with Gasteiger partial charge in [0.1, 0.15) is 5.58 Å². The van der Waals surface area contributed by atoms with Crippen LogP contribution in [0.2, 0.25) is 0 Å². The van der Waals surface area contributed by atoms with Crippen LogP contribution in [0.4, 0.5) is 0 Å². The molecule has 0 N–H and O–H groups in total. The molecule has 3 heterocycles. The van der Waals surface area contributed by atoms with Crippen LogP contribution < -0.4 is 0 Å². The number of furan rings is 1. The van der Waals surface area contributed by atoms with Gasteiger partial charge >= 0.3 is 0 Å². The molecule has 236 valence electrons. The molecule has 0 saturated carbocycles. The second kappa shape index (κ2) is 10.8. The SMILES string of the molecule is CC1(C)c2ccccc2-c2c1c(-c1ccc(-c3ccc(-c4nc(-c5ccccc5)c5ccccc5n4)cc3)cc1)nc1oc3ccccc3c21. The van der Waals surface area contributed by atoms with E-state index in [1.54, 1.807) is 0 Å². The second-order valence-electron chi connectivity index (χ2n) is 13.6. The number of hydrogen-bond acceptors (Lipinski definition) is 4. The Morgan fingerprint density at radius 1 is 0.480 bits per heavy atom. The van der Waals surface area contributed by atoms with E-state index >= 15 is 0 Å². The van der Waals surface area contributed by atoms with E-state index in [0.29, 0.717) is 11.5 Å². The maximum Gasteiger partial charge on any atom is 0.228 e. The van der Waals surface area contributed by atoms with Crippen LogP contribution in [0.25, 0.3) is 89.1 Å². The van der Waals surface area contributed by atoms with E-state index in [1.165, 1.54) is 22.3 Å². The maximum atomic E-state index is 6.40. The zero-order valence-corrected chi connectivity index (χ0v) is 27.7. The number of nitrogens with zero attached hydrogens (tertiary/aromatic N) is 3. The molecule has 1 aliphatic carbocycles.